The van der Waals surface area contributed by atoms with Crippen molar-refractivity contribution in [2.45, 2.75) is 25.5 Å². The molecule has 1 heterocycles. The zero-order valence-corrected chi connectivity index (χ0v) is 13.1. The van der Waals surface area contributed by atoms with Crippen molar-refractivity contribution in [1.29, 1.82) is 0 Å². The number of rotatable bonds is 7. The van der Waals surface area contributed by atoms with Crippen molar-refractivity contribution in [2.75, 3.05) is 6.61 Å². The Balaban J connectivity index is 2.29. The van der Waals surface area contributed by atoms with E-state index in [1.54, 1.807) is 12.1 Å². The molecule has 0 saturated carbocycles. The van der Waals surface area contributed by atoms with Crippen molar-refractivity contribution in [3.8, 4) is 5.75 Å². The van der Waals surface area contributed by atoms with Gasteiger partial charge in [0, 0.05) is 12.0 Å². The number of ether oxygens (including phenoxy) is 1. The summed E-state index contributed by atoms with van der Waals surface area (Å²) in [7, 11) is 0. The molecule has 7 heteroatoms. The molecule has 0 saturated heterocycles. The van der Waals surface area contributed by atoms with Crippen LogP contribution in [0.25, 0.3) is 6.08 Å². The molecule has 22 heavy (non-hydrogen) atoms. The molecule has 1 aromatic carbocycles. The predicted molar refractivity (Wildman–Crippen MR) is 82.8 cm³/mol. The van der Waals surface area contributed by atoms with Gasteiger partial charge in [-0.1, -0.05) is 25.1 Å². The molecule has 0 atom stereocenters. The smallest absolute Gasteiger partial charge is 0.342 e. The number of hydrogen-bond donors (Lipinski definition) is 1. The lowest BCUT2D eigenvalue weighted by Gasteiger charge is -2.07. The predicted octanol–water partition coefficient (Wildman–Crippen LogP) is 3.25. The molecule has 1 N–H and O–H groups in total. The number of para-hydroxylation sites is 1. The second-order valence-corrected chi connectivity index (χ2v) is 5.20. The number of aliphatic carboxylic acids is 1. The summed E-state index contributed by atoms with van der Waals surface area (Å²) in [6.45, 7) is 4.26. The Kier molecular flexibility index (Phi) is 5.60. The molecule has 0 radical (unpaired) electrons. The third kappa shape index (κ3) is 4.11. The standard InChI is InChI=1S/C15H16N2O4S/c1-3-13-16-17-15(21-13)22-12(14(18)19)9-10-7-5-6-8-11(10)20-4-2/h5-9H,3-4H2,1-2H3,(H,18,19)/b12-9-. The minimum absolute atomic E-state index is 0.0819. The van der Waals surface area contributed by atoms with Crippen LogP contribution in [0.3, 0.4) is 0 Å². The number of carboxylic acids is 1. The fourth-order valence-electron chi connectivity index (χ4n) is 1.68. The first-order chi connectivity index (χ1) is 10.6. The van der Waals surface area contributed by atoms with E-state index in [1.807, 2.05) is 26.0 Å². The van der Waals surface area contributed by atoms with Gasteiger partial charge in [0.25, 0.3) is 5.22 Å². The van der Waals surface area contributed by atoms with E-state index < -0.39 is 5.97 Å². The van der Waals surface area contributed by atoms with Crippen LogP contribution in [0, 0.1) is 0 Å². The highest BCUT2D eigenvalue weighted by molar-refractivity contribution is 8.03. The number of aromatic nitrogens is 2. The van der Waals surface area contributed by atoms with Crippen LogP contribution in [0.4, 0.5) is 0 Å². The Labute approximate surface area is 132 Å². The Bertz CT molecular complexity index is 682. The summed E-state index contributed by atoms with van der Waals surface area (Å²) in [5, 5.41) is 17.2. The second kappa shape index (κ2) is 7.65. The number of aryl methyl sites for hydroxylation is 1. The molecule has 0 unspecified atom stereocenters. The maximum Gasteiger partial charge on any atom is 0.342 e. The SMILES string of the molecule is CCOc1ccccc1/C=C(\Sc1nnc(CC)o1)C(=O)O. The van der Waals surface area contributed by atoms with Gasteiger partial charge >= 0.3 is 5.97 Å². The van der Waals surface area contributed by atoms with E-state index in [0.29, 0.717) is 30.2 Å². The molecule has 0 aliphatic carbocycles. The number of carboxylic acid groups (broad SMARTS) is 1. The lowest BCUT2D eigenvalue weighted by atomic mass is 10.2. The van der Waals surface area contributed by atoms with Crippen molar-refractivity contribution in [1.82, 2.24) is 10.2 Å². The Morgan fingerprint density at radius 3 is 2.77 bits per heavy atom. The van der Waals surface area contributed by atoms with Crippen LogP contribution in [0.1, 0.15) is 25.3 Å². The average Bonchev–Trinajstić information content (AvgIpc) is 2.96. The van der Waals surface area contributed by atoms with Gasteiger partial charge in [-0.2, -0.15) is 0 Å². The van der Waals surface area contributed by atoms with E-state index in [0.717, 1.165) is 11.8 Å². The number of hydrogen-bond acceptors (Lipinski definition) is 6. The molecule has 0 spiro atoms. The minimum atomic E-state index is -1.06. The van der Waals surface area contributed by atoms with Gasteiger partial charge in [0.05, 0.1) is 6.61 Å². The van der Waals surface area contributed by atoms with Crippen LogP contribution < -0.4 is 4.74 Å². The molecule has 6 nitrogen and oxygen atoms in total. The Morgan fingerprint density at radius 1 is 1.36 bits per heavy atom. The zero-order valence-electron chi connectivity index (χ0n) is 12.3. The lowest BCUT2D eigenvalue weighted by molar-refractivity contribution is -0.131. The van der Waals surface area contributed by atoms with Gasteiger partial charge in [0.1, 0.15) is 10.7 Å². The summed E-state index contributed by atoms with van der Waals surface area (Å²) in [5.41, 5.74) is 0.685. The van der Waals surface area contributed by atoms with Crippen LogP contribution in [0.5, 0.6) is 5.75 Å². The fourth-order valence-corrected chi connectivity index (χ4v) is 2.36. The summed E-state index contributed by atoms with van der Waals surface area (Å²) in [6, 6.07) is 7.24. The molecule has 0 aliphatic rings. The van der Waals surface area contributed by atoms with Crippen molar-refractivity contribution in [3.05, 3.63) is 40.6 Å². The maximum absolute atomic E-state index is 11.4. The van der Waals surface area contributed by atoms with E-state index >= 15 is 0 Å². The summed E-state index contributed by atoms with van der Waals surface area (Å²) >= 11 is 0.920. The topological polar surface area (TPSA) is 85.5 Å². The van der Waals surface area contributed by atoms with E-state index in [-0.39, 0.29) is 10.1 Å². The van der Waals surface area contributed by atoms with Gasteiger partial charge in [-0.15, -0.1) is 10.2 Å². The van der Waals surface area contributed by atoms with E-state index in [4.69, 9.17) is 9.15 Å². The molecule has 2 rings (SSSR count). The van der Waals surface area contributed by atoms with Gasteiger partial charge in [0.15, 0.2) is 0 Å². The molecule has 1 aromatic heterocycles. The zero-order chi connectivity index (χ0) is 15.9. The van der Waals surface area contributed by atoms with Gasteiger partial charge in [0.2, 0.25) is 5.89 Å². The number of nitrogens with zero attached hydrogens (tertiary/aromatic N) is 2. The summed E-state index contributed by atoms with van der Waals surface area (Å²) < 4.78 is 10.8. The molecule has 2 aromatic rings. The first-order valence-electron chi connectivity index (χ1n) is 6.81. The highest BCUT2D eigenvalue weighted by atomic mass is 32.2. The molecule has 116 valence electrons. The monoisotopic (exact) mass is 320 g/mol. The molecule has 0 fully saturated rings. The Morgan fingerprint density at radius 2 is 2.14 bits per heavy atom. The maximum atomic E-state index is 11.4. The van der Waals surface area contributed by atoms with Crippen LogP contribution >= 0.6 is 11.8 Å². The molecule has 0 bridgehead atoms. The third-order valence-corrected chi connectivity index (χ3v) is 3.52. The normalized spacial score (nSPS) is 11.5. The van der Waals surface area contributed by atoms with Crippen molar-refractivity contribution >= 4 is 23.8 Å². The third-order valence-electron chi connectivity index (χ3n) is 2.66. The highest BCUT2D eigenvalue weighted by Crippen LogP contribution is 2.30. The lowest BCUT2D eigenvalue weighted by Crippen LogP contribution is -1.98. The number of thioether (sulfide) groups is 1. The fraction of sp³-hybridized carbons (Fsp3) is 0.267. The Hall–Kier alpha value is -2.28. The van der Waals surface area contributed by atoms with Crippen LogP contribution in [-0.2, 0) is 11.2 Å². The molecular formula is C15H16N2O4S. The van der Waals surface area contributed by atoms with E-state index in [9.17, 15) is 9.90 Å². The summed E-state index contributed by atoms with van der Waals surface area (Å²) in [5.74, 6) is 0.0404. The molecule has 0 aliphatic heterocycles. The van der Waals surface area contributed by atoms with Crippen molar-refractivity contribution in [2.24, 2.45) is 0 Å². The number of carbonyl (C=O) groups is 1. The van der Waals surface area contributed by atoms with Crippen molar-refractivity contribution < 1.29 is 19.1 Å². The van der Waals surface area contributed by atoms with Gasteiger partial charge in [-0.25, -0.2) is 4.79 Å². The first kappa shape index (κ1) is 16.1. The number of benzene rings is 1. The quantitative estimate of drug-likeness (QED) is 0.619. The van der Waals surface area contributed by atoms with Crippen LogP contribution in [0.2, 0.25) is 0 Å². The first-order valence-corrected chi connectivity index (χ1v) is 7.62. The van der Waals surface area contributed by atoms with Gasteiger partial charge < -0.3 is 14.3 Å². The van der Waals surface area contributed by atoms with Crippen LogP contribution in [0.15, 0.2) is 38.8 Å². The van der Waals surface area contributed by atoms with E-state index in [2.05, 4.69) is 10.2 Å². The average molecular weight is 320 g/mol. The van der Waals surface area contributed by atoms with Gasteiger partial charge in [-0.3, -0.25) is 0 Å². The van der Waals surface area contributed by atoms with Crippen LogP contribution in [-0.4, -0.2) is 27.9 Å². The summed E-state index contributed by atoms with van der Waals surface area (Å²) in [4.78, 5) is 11.5. The molecular weight excluding hydrogens is 304 g/mol. The van der Waals surface area contributed by atoms with Crippen molar-refractivity contribution in [3.63, 3.8) is 0 Å². The summed E-state index contributed by atoms with van der Waals surface area (Å²) in [6.07, 6.45) is 2.14. The second-order valence-electron chi connectivity index (χ2n) is 4.20. The van der Waals surface area contributed by atoms with Gasteiger partial charge in [-0.05, 0) is 30.8 Å². The van der Waals surface area contributed by atoms with E-state index in [1.165, 1.54) is 6.08 Å². The minimum Gasteiger partial charge on any atom is -0.493 e. The largest absolute Gasteiger partial charge is 0.493 e. The molecule has 0 amide bonds. The highest BCUT2D eigenvalue weighted by Gasteiger charge is 2.15.